The van der Waals surface area contributed by atoms with Gasteiger partial charge in [-0.15, -0.1) is 12.3 Å². The fourth-order valence-corrected chi connectivity index (χ4v) is 1.44. The smallest absolute Gasteiger partial charge is 0.0963 e. The minimum atomic E-state index is -0.611. The maximum absolute atomic E-state index is 9.52. The van der Waals surface area contributed by atoms with Crippen molar-refractivity contribution in [1.82, 2.24) is 0 Å². The molecule has 0 heterocycles. The molecular weight excluding hydrogens is 240 g/mol. The first-order valence-corrected chi connectivity index (χ1v) is 5.07. The molecular formula is C12H11BrO. The van der Waals surface area contributed by atoms with Crippen LogP contribution in [0.4, 0.5) is 0 Å². The molecule has 0 bridgehead atoms. The number of benzene rings is 1. The number of aliphatic hydroxyl groups excluding tert-OH is 1. The van der Waals surface area contributed by atoms with Gasteiger partial charge < -0.3 is 5.11 Å². The number of rotatable bonds is 3. The molecule has 72 valence electrons. The Labute approximate surface area is 92.6 Å². The molecule has 1 N–H and O–H groups in total. The number of hydrogen-bond donors (Lipinski definition) is 1. The molecule has 0 aliphatic rings. The van der Waals surface area contributed by atoms with Crippen LogP contribution < -0.4 is 0 Å². The average Bonchev–Trinajstić information content (AvgIpc) is 2.19. The molecule has 1 aromatic carbocycles. The first-order valence-electron chi connectivity index (χ1n) is 4.27. The highest BCUT2D eigenvalue weighted by atomic mass is 79.9. The Balaban J connectivity index is 2.74. The van der Waals surface area contributed by atoms with Crippen LogP contribution >= 0.6 is 15.9 Å². The minimum Gasteiger partial charge on any atom is -0.387 e. The summed E-state index contributed by atoms with van der Waals surface area (Å²) in [7, 11) is 0. The summed E-state index contributed by atoms with van der Waals surface area (Å²) in [4.78, 5) is 0. The second-order valence-electron chi connectivity index (χ2n) is 2.86. The van der Waals surface area contributed by atoms with E-state index in [0.29, 0.717) is 10.9 Å². The van der Waals surface area contributed by atoms with Crippen LogP contribution in [0.25, 0.3) is 6.08 Å². The summed E-state index contributed by atoms with van der Waals surface area (Å²) in [6, 6.07) is 9.76. The van der Waals surface area contributed by atoms with Crippen molar-refractivity contribution in [3.05, 3.63) is 40.4 Å². The van der Waals surface area contributed by atoms with E-state index < -0.39 is 6.10 Å². The van der Waals surface area contributed by atoms with Crippen LogP contribution in [0.5, 0.6) is 0 Å². The summed E-state index contributed by atoms with van der Waals surface area (Å²) >= 11 is 3.30. The van der Waals surface area contributed by atoms with E-state index in [4.69, 9.17) is 6.42 Å². The van der Waals surface area contributed by atoms with E-state index in [1.807, 2.05) is 36.4 Å². The van der Waals surface area contributed by atoms with E-state index in [1.165, 1.54) is 0 Å². The Kier molecular flexibility index (Phi) is 4.45. The lowest BCUT2D eigenvalue weighted by Crippen LogP contribution is -2.04. The lowest BCUT2D eigenvalue weighted by Gasteiger charge is -2.05. The van der Waals surface area contributed by atoms with Crippen LogP contribution in [0.1, 0.15) is 12.0 Å². The largest absolute Gasteiger partial charge is 0.387 e. The molecule has 0 aromatic heterocycles. The normalized spacial score (nSPS) is 13.4. The van der Waals surface area contributed by atoms with Crippen LogP contribution in [0.3, 0.4) is 0 Å². The molecule has 1 unspecified atom stereocenters. The fourth-order valence-electron chi connectivity index (χ4n) is 1.01. The number of halogens is 1. The first-order chi connectivity index (χ1) is 6.74. The third kappa shape index (κ3) is 3.37. The molecule has 0 saturated heterocycles. The first kappa shape index (κ1) is 11.0. The van der Waals surface area contributed by atoms with Crippen molar-refractivity contribution in [3.63, 3.8) is 0 Å². The van der Waals surface area contributed by atoms with Gasteiger partial charge in [-0.1, -0.05) is 46.3 Å². The number of terminal acetylenes is 1. The summed E-state index contributed by atoms with van der Waals surface area (Å²) in [5.41, 5.74) is 1.04. The van der Waals surface area contributed by atoms with E-state index in [0.717, 1.165) is 5.56 Å². The predicted octanol–water partition coefficient (Wildman–Crippen LogP) is 2.81. The monoisotopic (exact) mass is 250 g/mol. The maximum atomic E-state index is 9.52. The quantitative estimate of drug-likeness (QED) is 0.819. The highest BCUT2D eigenvalue weighted by Crippen LogP contribution is 2.17. The fraction of sp³-hybridized carbons (Fsp3) is 0.167. The zero-order chi connectivity index (χ0) is 10.4. The highest BCUT2D eigenvalue weighted by molar-refractivity contribution is 9.11. The molecule has 0 aliphatic heterocycles. The van der Waals surface area contributed by atoms with Gasteiger partial charge in [0, 0.05) is 10.9 Å². The SMILES string of the molecule is C#CCC(O)/C(Br)=C/c1ccccc1. The van der Waals surface area contributed by atoms with Crippen molar-refractivity contribution in [2.75, 3.05) is 0 Å². The van der Waals surface area contributed by atoms with Crippen molar-refractivity contribution in [2.24, 2.45) is 0 Å². The molecule has 1 nitrogen and oxygen atoms in total. The van der Waals surface area contributed by atoms with Gasteiger partial charge in [0.25, 0.3) is 0 Å². The van der Waals surface area contributed by atoms with Gasteiger partial charge in [-0.3, -0.25) is 0 Å². The standard InChI is InChI=1S/C12H11BrO/c1-2-6-12(14)11(13)9-10-7-4-3-5-8-10/h1,3-5,7-9,12,14H,6H2/b11-9-. The van der Waals surface area contributed by atoms with Crippen LogP contribution in [-0.4, -0.2) is 11.2 Å². The zero-order valence-electron chi connectivity index (χ0n) is 7.65. The Morgan fingerprint density at radius 3 is 2.71 bits per heavy atom. The molecule has 1 aromatic rings. The summed E-state index contributed by atoms with van der Waals surface area (Å²) in [6.45, 7) is 0. The van der Waals surface area contributed by atoms with Gasteiger partial charge in [0.2, 0.25) is 0 Å². The van der Waals surface area contributed by atoms with Crippen LogP contribution in [0.2, 0.25) is 0 Å². The van der Waals surface area contributed by atoms with Gasteiger partial charge >= 0.3 is 0 Å². The average molecular weight is 251 g/mol. The highest BCUT2D eigenvalue weighted by Gasteiger charge is 2.05. The Hall–Kier alpha value is -1.04. The van der Waals surface area contributed by atoms with Gasteiger partial charge in [-0.25, -0.2) is 0 Å². The number of hydrogen-bond acceptors (Lipinski definition) is 1. The molecule has 0 saturated carbocycles. The topological polar surface area (TPSA) is 20.2 Å². The van der Waals surface area contributed by atoms with Crippen LogP contribution in [-0.2, 0) is 0 Å². The van der Waals surface area contributed by atoms with Gasteiger partial charge in [-0.05, 0) is 11.6 Å². The lowest BCUT2D eigenvalue weighted by molar-refractivity contribution is 0.227. The van der Waals surface area contributed by atoms with Crippen LogP contribution in [0.15, 0.2) is 34.8 Å². The second kappa shape index (κ2) is 5.64. The molecule has 2 heteroatoms. The van der Waals surface area contributed by atoms with Crippen LogP contribution in [0, 0.1) is 12.3 Å². The van der Waals surface area contributed by atoms with Crippen molar-refractivity contribution in [2.45, 2.75) is 12.5 Å². The maximum Gasteiger partial charge on any atom is 0.0963 e. The third-order valence-corrected chi connectivity index (χ3v) is 2.49. The molecule has 0 fully saturated rings. The Morgan fingerprint density at radius 1 is 1.50 bits per heavy atom. The van der Waals surface area contributed by atoms with E-state index in [9.17, 15) is 5.11 Å². The Bertz CT molecular complexity index is 348. The van der Waals surface area contributed by atoms with E-state index in [2.05, 4.69) is 21.9 Å². The van der Waals surface area contributed by atoms with E-state index in [-0.39, 0.29) is 0 Å². The van der Waals surface area contributed by atoms with Gasteiger partial charge in [0.1, 0.15) is 0 Å². The second-order valence-corrected chi connectivity index (χ2v) is 3.78. The Morgan fingerprint density at radius 2 is 2.14 bits per heavy atom. The molecule has 1 atom stereocenters. The molecule has 0 aliphatic carbocycles. The van der Waals surface area contributed by atoms with Gasteiger partial charge in [-0.2, -0.15) is 0 Å². The van der Waals surface area contributed by atoms with Gasteiger partial charge in [0.05, 0.1) is 6.10 Å². The molecule has 1 rings (SSSR count). The molecule has 0 spiro atoms. The van der Waals surface area contributed by atoms with E-state index >= 15 is 0 Å². The molecule has 14 heavy (non-hydrogen) atoms. The van der Waals surface area contributed by atoms with Gasteiger partial charge in [0.15, 0.2) is 0 Å². The van der Waals surface area contributed by atoms with E-state index in [1.54, 1.807) is 0 Å². The summed E-state index contributed by atoms with van der Waals surface area (Å²) in [5, 5.41) is 9.52. The van der Waals surface area contributed by atoms with Crippen molar-refractivity contribution >= 4 is 22.0 Å². The summed E-state index contributed by atoms with van der Waals surface area (Å²) in [6.07, 6.45) is 6.68. The zero-order valence-corrected chi connectivity index (χ0v) is 9.24. The lowest BCUT2D eigenvalue weighted by atomic mass is 10.1. The van der Waals surface area contributed by atoms with Crippen molar-refractivity contribution < 1.29 is 5.11 Å². The minimum absolute atomic E-state index is 0.323. The molecule has 0 amide bonds. The third-order valence-electron chi connectivity index (χ3n) is 1.73. The van der Waals surface area contributed by atoms with Crippen molar-refractivity contribution in [1.29, 1.82) is 0 Å². The summed E-state index contributed by atoms with van der Waals surface area (Å²) in [5.74, 6) is 2.41. The molecule has 0 radical (unpaired) electrons. The number of aliphatic hydroxyl groups is 1. The summed E-state index contributed by atoms with van der Waals surface area (Å²) < 4.78 is 0.710. The predicted molar refractivity (Wildman–Crippen MR) is 62.8 cm³/mol. The van der Waals surface area contributed by atoms with Crippen molar-refractivity contribution in [3.8, 4) is 12.3 Å².